The highest BCUT2D eigenvalue weighted by atomic mass is 19.4. The van der Waals surface area contributed by atoms with E-state index in [-0.39, 0.29) is 18.8 Å². The fourth-order valence-electron chi connectivity index (χ4n) is 3.64. The van der Waals surface area contributed by atoms with Crippen LogP contribution >= 0.6 is 0 Å². The van der Waals surface area contributed by atoms with Crippen LogP contribution in [0.15, 0.2) is 48.7 Å². The van der Waals surface area contributed by atoms with Gasteiger partial charge in [0.2, 0.25) is 5.82 Å². The van der Waals surface area contributed by atoms with Crippen LogP contribution in [-0.2, 0) is 25.3 Å². The lowest BCUT2D eigenvalue weighted by molar-refractivity contribution is -0.144. The number of halogens is 6. The van der Waals surface area contributed by atoms with E-state index in [9.17, 15) is 31.1 Å². The number of rotatable bonds is 2. The van der Waals surface area contributed by atoms with Crippen molar-refractivity contribution in [1.82, 2.24) is 14.9 Å². The molecule has 1 N–H and O–H groups in total. The summed E-state index contributed by atoms with van der Waals surface area (Å²) in [6.45, 7) is 0.423. The molecule has 1 aromatic heterocycles. The quantitative estimate of drug-likeness (QED) is 0.550. The largest absolute Gasteiger partial charge is 0.449 e. The summed E-state index contributed by atoms with van der Waals surface area (Å²) >= 11 is 0. The molecule has 1 amide bonds. The summed E-state index contributed by atoms with van der Waals surface area (Å²) in [5, 5.41) is 0. The molecule has 0 bridgehead atoms. The zero-order valence-electron chi connectivity index (χ0n) is 15.8. The van der Waals surface area contributed by atoms with Crippen LogP contribution in [0, 0.1) is 0 Å². The molecule has 2 aromatic carbocycles. The number of nitrogens with one attached hydrogen (secondary N) is 1. The number of amides is 1. The van der Waals surface area contributed by atoms with Gasteiger partial charge in [-0.05, 0) is 40.8 Å². The predicted molar refractivity (Wildman–Crippen MR) is 98.9 cm³/mol. The van der Waals surface area contributed by atoms with Gasteiger partial charge in [0, 0.05) is 13.1 Å². The first-order valence-electron chi connectivity index (χ1n) is 9.24. The molecular formula is C21H15F6N3O. The lowest BCUT2D eigenvalue weighted by atomic mass is 9.90. The molecule has 0 radical (unpaired) electrons. The van der Waals surface area contributed by atoms with Crippen molar-refractivity contribution in [2.24, 2.45) is 0 Å². The fourth-order valence-corrected chi connectivity index (χ4v) is 3.64. The van der Waals surface area contributed by atoms with Crippen LogP contribution in [-0.4, -0.2) is 27.3 Å². The molecule has 0 saturated carbocycles. The molecule has 31 heavy (non-hydrogen) atoms. The van der Waals surface area contributed by atoms with Crippen LogP contribution in [0.1, 0.15) is 33.0 Å². The number of carbonyl (C=O) groups is 1. The van der Waals surface area contributed by atoms with Gasteiger partial charge in [-0.2, -0.15) is 26.3 Å². The molecular weight excluding hydrogens is 424 g/mol. The van der Waals surface area contributed by atoms with E-state index in [0.29, 0.717) is 12.0 Å². The van der Waals surface area contributed by atoms with Gasteiger partial charge in [0.1, 0.15) is 5.69 Å². The summed E-state index contributed by atoms with van der Waals surface area (Å²) in [4.78, 5) is 19.3. The molecule has 3 aromatic rings. The van der Waals surface area contributed by atoms with Gasteiger partial charge in [-0.15, -0.1) is 0 Å². The molecule has 162 valence electrons. The van der Waals surface area contributed by atoms with E-state index in [1.807, 2.05) is 4.98 Å². The SMILES string of the molecule is O=C(c1cnc(C(F)(F)F)[nH]1)N1CCc2c(cccc2-c2ccc(C(F)(F)F)cc2)C1. The molecule has 0 saturated heterocycles. The van der Waals surface area contributed by atoms with E-state index < -0.39 is 29.6 Å². The Hall–Kier alpha value is -3.30. The zero-order chi connectivity index (χ0) is 22.4. The number of H-pyrrole nitrogens is 1. The van der Waals surface area contributed by atoms with Gasteiger partial charge in [0.15, 0.2) is 0 Å². The van der Waals surface area contributed by atoms with Gasteiger partial charge < -0.3 is 9.88 Å². The molecule has 4 nitrogen and oxygen atoms in total. The van der Waals surface area contributed by atoms with E-state index in [1.54, 1.807) is 18.2 Å². The van der Waals surface area contributed by atoms with Crippen LogP contribution in [0.4, 0.5) is 26.3 Å². The van der Waals surface area contributed by atoms with Crippen molar-refractivity contribution < 1.29 is 31.1 Å². The first-order chi connectivity index (χ1) is 14.5. The maximum Gasteiger partial charge on any atom is 0.449 e. The third kappa shape index (κ3) is 4.14. The van der Waals surface area contributed by atoms with Gasteiger partial charge in [-0.25, -0.2) is 4.98 Å². The predicted octanol–water partition coefficient (Wildman–Crippen LogP) is 5.31. The lowest BCUT2D eigenvalue weighted by Crippen LogP contribution is -2.36. The number of hydrogen-bond acceptors (Lipinski definition) is 2. The molecule has 1 aliphatic heterocycles. The second-order valence-electron chi connectivity index (χ2n) is 7.14. The lowest BCUT2D eigenvalue weighted by Gasteiger charge is -2.30. The Balaban J connectivity index is 1.57. The summed E-state index contributed by atoms with van der Waals surface area (Å²) in [6, 6.07) is 10.2. The monoisotopic (exact) mass is 439 g/mol. The number of nitrogens with zero attached hydrogens (tertiary/aromatic N) is 2. The topological polar surface area (TPSA) is 49.0 Å². The van der Waals surface area contributed by atoms with Crippen molar-refractivity contribution in [2.45, 2.75) is 25.3 Å². The fraction of sp³-hybridized carbons (Fsp3) is 0.238. The number of aromatic nitrogens is 2. The van der Waals surface area contributed by atoms with Crippen LogP contribution in [0.5, 0.6) is 0 Å². The van der Waals surface area contributed by atoms with Gasteiger partial charge in [-0.1, -0.05) is 30.3 Å². The Morgan fingerprint density at radius 3 is 2.29 bits per heavy atom. The summed E-state index contributed by atoms with van der Waals surface area (Å²) in [7, 11) is 0. The van der Waals surface area contributed by atoms with E-state index in [4.69, 9.17) is 0 Å². The molecule has 0 atom stereocenters. The normalized spacial score (nSPS) is 14.5. The standard InChI is InChI=1S/C21H15F6N3O/c22-20(23,24)14-6-4-12(5-7-14)15-3-1-2-13-11-30(9-8-16(13)15)18(31)17-10-28-19(29-17)21(25,26)27/h1-7,10H,8-9,11H2,(H,28,29). The van der Waals surface area contributed by atoms with Crippen molar-refractivity contribution in [3.8, 4) is 11.1 Å². The molecule has 1 aliphatic rings. The Morgan fingerprint density at radius 1 is 0.968 bits per heavy atom. The van der Waals surface area contributed by atoms with Crippen molar-refractivity contribution >= 4 is 5.91 Å². The van der Waals surface area contributed by atoms with Gasteiger partial charge in [0.05, 0.1) is 11.8 Å². The summed E-state index contributed by atoms with van der Waals surface area (Å²) in [5.74, 6) is -1.84. The molecule has 2 heterocycles. The Kier molecular flexibility index (Phi) is 5.03. The van der Waals surface area contributed by atoms with Crippen LogP contribution in [0.2, 0.25) is 0 Å². The average Bonchev–Trinajstić information content (AvgIpc) is 3.23. The molecule has 10 heteroatoms. The number of imidazole rings is 1. The number of hydrogen-bond donors (Lipinski definition) is 1. The molecule has 0 spiro atoms. The Morgan fingerprint density at radius 2 is 1.68 bits per heavy atom. The van der Waals surface area contributed by atoms with Gasteiger partial charge >= 0.3 is 12.4 Å². The van der Waals surface area contributed by atoms with E-state index in [0.717, 1.165) is 35.0 Å². The minimum absolute atomic E-state index is 0.170. The number of alkyl halides is 6. The van der Waals surface area contributed by atoms with Crippen molar-refractivity contribution in [1.29, 1.82) is 0 Å². The Labute approximate surface area is 172 Å². The van der Waals surface area contributed by atoms with E-state index in [2.05, 4.69) is 4.98 Å². The maximum atomic E-state index is 12.8. The first-order valence-corrected chi connectivity index (χ1v) is 9.24. The smallest absolute Gasteiger partial charge is 0.333 e. The van der Waals surface area contributed by atoms with Gasteiger partial charge in [-0.3, -0.25) is 4.79 Å². The van der Waals surface area contributed by atoms with E-state index in [1.165, 1.54) is 17.0 Å². The third-order valence-corrected chi connectivity index (χ3v) is 5.15. The third-order valence-electron chi connectivity index (χ3n) is 5.15. The summed E-state index contributed by atoms with van der Waals surface area (Å²) < 4.78 is 76.6. The number of benzene rings is 2. The van der Waals surface area contributed by atoms with Gasteiger partial charge in [0.25, 0.3) is 5.91 Å². The summed E-state index contributed by atoms with van der Waals surface area (Å²) in [6.07, 6.45) is -7.82. The Bertz CT molecular complexity index is 1120. The molecule has 4 rings (SSSR count). The second-order valence-corrected chi connectivity index (χ2v) is 7.14. The van der Waals surface area contributed by atoms with Crippen molar-refractivity contribution in [3.05, 3.63) is 76.9 Å². The first kappa shape index (κ1) is 21.0. The maximum absolute atomic E-state index is 12.8. The van der Waals surface area contributed by atoms with E-state index >= 15 is 0 Å². The molecule has 0 unspecified atom stereocenters. The minimum Gasteiger partial charge on any atom is -0.333 e. The number of carbonyl (C=O) groups excluding carboxylic acids is 1. The van der Waals surface area contributed by atoms with Crippen LogP contribution in [0.3, 0.4) is 0 Å². The second kappa shape index (κ2) is 7.44. The van der Waals surface area contributed by atoms with Crippen LogP contribution in [0.25, 0.3) is 11.1 Å². The number of aromatic amines is 1. The highest BCUT2D eigenvalue weighted by Gasteiger charge is 2.36. The zero-order valence-corrected chi connectivity index (χ0v) is 15.8. The van der Waals surface area contributed by atoms with Crippen LogP contribution < -0.4 is 0 Å². The summed E-state index contributed by atoms with van der Waals surface area (Å²) in [5.41, 5.74) is 2.07. The average molecular weight is 439 g/mol. The highest BCUT2D eigenvalue weighted by molar-refractivity contribution is 5.92. The minimum atomic E-state index is -4.68. The molecule has 0 aliphatic carbocycles. The number of fused-ring (bicyclic) bond motifs is 1. The van der Waals surface area contributed by atoms with Crippen molar-refractivity contribution in [2.75, 3.05) is 6.54 Å². The van der Waals surface area contributed by atoms with Crippen molar-refractivity contribution in [3.63, 3.8) is 0 Å². The molecule has 0 fully saturated rings. The highest BCUT2D eigenvalue weighted by Crippen LogP contribution is 2.34.